The number of ether oxygens (including phenoxy) is 1. The first-order valence-corrected chi connectivity index (χ1v) is 6.82. The molecule has 4 nitrogen and oxygen atoms in total. The van der Waals surface area contributed by atoms with E-state index in [0.29, 0.717) is 29.9 Å². The maximum atomic E-state index is 11.3. The monoisotopic (exact) mass is 281 g/mol. The summed E-state index contributed by atoms with van der Waals surface area (Å²) in [7, 11) is 0. The zero-order valence-corrected chi connectivity index (χ0v) is 11.7. The third kappa shape index (κ3) is 2.79. The van der Waals surface area contributed by atoms with Crippen molar-refractivity contribution in [3.63, 3.8) is 0 Å². The van der Waals surface area contributed by atoms with Crippen LogP contribution in [0.25, 0.3) is 0 Å². The van der Waals surface area contributed by atoms with Crippen molar-refractivity contribution in [1.82, 2.24) is 0 Å². The number of anilines is 1. The molecule has 2 aromatic carbocycles. The lowest BCUT2D eigenvalue weighted by molar-refractivity contribution is -0.116. The molecule has 0 aromatic heterocycles. The van der Waals surface area contributed by atoms with E-state index in [1.54, 1.807) is 12.1 Å². The van der Waals surface area contributed by atoms with Gasteiger partial charge in [0, 0.05) is 17.7 Å². The molecule has 3 rings (SSSR count). The van der Waals surface area contributed by atoms with Gasteiger partial charge in [0.15, 0.2) is 0 Å². The van der Waals surface area contributed by atoms with Crippen molar-refractivity contribution in [3.05, 3.63) is 53.1 Å². The van der Waals surface area contributed by atoms with Crippen molar-refractivity contribution in [3.8, 4) is 11.5 Å². The van der Waals surface area contributed by atoms with E-state index in [-0.39, 0.29) is 5.91 Å². The number of carbonyl (C=O) groups excluding carboxylic acids is 2. The fourth-order valence-corrected chi connectivity index (χ4v) is 2.35. The smallest absolute Gasteiger partial charge is 0.224 e. The molecule has 106 valence electrons. The molecule has 0 radical (unpaired) electrons. The molecule has 0 bridgehead atoms. The largest absolute Gasteiger partial charge is 0.457 e. The highest BCUT2D eigenvalue weighted by Gasteiger charge is 2.15. The van der Waals surface area contributed by atoms with Crippen LogP contribution in [-0.4, -0.2) is 12.2 Å². The molecule has 4 heteroatoms. The fourth-order valence-electron chi connectivity index (χ4n) is 2.35. The number of aryl methyl sites for hydroxylation is 2. The van der Waals surface area contributed by atoms with Gasteiger partial charge in [-0.3, -0.25) is 9.59 Å². The van der Waals surface area contributed by atoms with Gasteiger partial charge in [-0.05, 0) is 48.7 Å². The van der Waals surface area contributed by atoms with E-state index in [1.165, 1.54) is 0 Å². The molecule has 0 spiro atoms. The van der Waals surface area contributed by atoms with Crippen molar-refractivity contribution in [2.45, 2.75) is 19.8 Å². The average Bonchev–Trinajstić information content (AvgIpc) is 2.49. The molecule has 0 unspecified atom stereocenters. The van der Waals surface area contributed by atoms with Crippen LogP contribution in [0.4, 0.5) is 5.69 Å². The number of fused-ring (bicyclic) bond motifs is 1. The van der Waals surface area contributed by atoms with Crippen LogP contribution in [0.2, 0.25) is 0 Å². The van der Waals surface area contributed by atoms with Crippen LogP contribution in [0.15, 0.2) is 36.4 Å². The number of aldehydes is 1. The van der Waals surface area contributed by atoms with Crippen molar-refractivity contribution in [1.29, 1.82) is 0 Å². The Kier molecular flexibility index (Phi) is 3.44. The van der Waals surface area contributed by atoms with Gasteiger partial charge >= 0.3 is 0 Å². The van der Waals surface area contributed by atoms with Crippen LogP contribution >= 0.6 is 0 Å². The van der Waals surface area contributed by atoms with Gasteiger partial charge in [0.1, 0.15) is 17.8 Å². The summed E-state index contributed by atoms with van der Waals surface area (Å²) in [5.74, 6) is 1.42. The Bertz CT molecular complexity index is 722. The predicted molar refractivity (Wildman–Crippen MR) is 80.0 cm³/mol. The lowest BCUT2D eigenvalue weighted by atomic mass is 10.0. The quantitative estimate of drug-likeness (QED) is 0.876. The molecule has 0 saturated heterocycles. The number of hydrogen-bond donors (Lipinski definition) is 1. The molecule has 0 saturated carbocycles. The standard InChI is InChI=1S/C17H15NO3/c1-11-2-3-12(10-19)8-16(11)21-14-5-6-15-13(9-14)4-7-17(20)18-15/h2-3,5-6,8-10H,4,7H2,1H3,(H,18,20). The van der Waals surface area contributed by atoms with E-state index in [0.717, 1.165) is 23.1 Å². The summed E-state index contributed by atoms with van der Waals surface area (Å²) >= 11 is 0. The Morgan fingerprint density at radius 1 is 1.14 bits per heavy atom. The summed E-state index contributed by atoms with van der Waals surface area (Å²) in [6, 6.07) is 10.9. The first kappa shape index (κ1) is 13.4. The van der Waals surface area contributed by atoms with Gasteiger partial charge in [0.2, 0.25) is 5.91 Å². The highest BCUT2D eigenvalue weighted by atomic mass is 16.5. The minimum Gasteiger partial charge on any atom is -0.457 e. The second-order valence-corrected chi connectivity index (χ2v) is 5.11. The van der Waals surface area contributed by atoms with E-state index in [9.17, 15) is 9.59 Å². The van der Waals surface area contributed by atoms with Crippen LogP contribution in [0.5, 0.6) is 11.5 Å². The summed E-state index contributed by atoms with van der Waals surface area (Å²) < 4.78 is 5.87. The van der Waals surface area contributed by atoms with Crippen LogP contribution in [0.3, 0.4) is 0 Å². The second-order valence-electron chi connectivity index (χ2n) is 5.11. The van der Waals surface area contributed by atoms with Gasteiger partial charge in [-0.2, -0.15) is 0 Å². The first-order valence-electron chi connectivity index (χ1n) is 6.82. The third-order valence-corrected chi connectivity index (χ3v) is 3.55. The molecule has 1 heterocycles. The van der Waals surface area contributed by atoms with E-state index in [2.05, 4.69) is 5.32 Å². The normalized spacial score (nSPS) is 13.3. The van der Waals surface area contributed by atoms with Crippen LogP contribution < -0.4 is 10.1 Å². The van der Waals surface area contributed by atoms with E-state index >= 15 is 0 Å². The summed E-state index contributed by atoms with van der Waals surface area (Å²) in [4.78, 5) is 22.2. The Balaban J connectivity index is 1.89. The Morgan fingerprint density at radius 2 is 2.00 bits per heavy atom. The van der Waals surface area contributed by atoms with Crippen molar-refractivity contribution >= 4 is 17.9 Å². The predicted octanol–water partition coefficient (Wildman–Crippen LogP) is 3.48. The van der Waals surface area contributed by atoms with Gasteiger partial charge < -0.3 is 10.1 Å². The van der Waals surface area contributed by atoms with Gasteiger partial charge in [-0.1, -0.05) is 12.1 Å². The SMILES string of the molecule is Cc1ccc(C=O)cc1Oc1ccc2c(c1)CCC(=O)N2. The van der Waals surface area contributed by atoms with Crippen molar-refractivity contribution in [2.75, 3.05) is 5.32 Å². The van der Waals surface area contributed by atoms with Crippen molar-refractivity contribution in [2.24, 2.45) is 0 Å². The number of hydrogen-bond acceptors (Lipinski definition) is 3. The number of nitrogens with one attached hydrogen (secondary N) is 1. The molecular weight excluding hydrogens is 266 g/mol. The zero-order valence-electron chi connectivity index (χ0n) is 11.7. The molecule has 1 N–H and O–H groups in total. The minimum absolute atomic E-state index is 0.0469. The maximum Gasteiger partial charge on any atom is 0.224 e. The van der Waals surface area contributed by atoms with Gasteiger partial charge in [0.25, 0.3) is 0 Å². The Morgan fingerprint density at radius 3 is 2.81 bits per heavy atom. The molecule has 0 fully saturated rings. The van der Waals surface area contributed by atoms with Crippen LogP contribution in [-0.2, 0) is 11.2 Å². The molecule has 1 amide bonds. The zero-order chi connectivity index (χ0) is 14.8. The lowest BCUT2D eigenvalue weighted by Gasteiger charge is -2.18. The third-order valence-electron chi connectivity index (χ3n) is 3.55. The Labute approximate surface area is 122 Å². The lowest BCUT2D eigenvalue weighted by Crippen LogP contribution is -2.18. The number of rotatable bonds is 3. The van der Waals surface area contributed by atoms with Gasteiger partial charge in [-0.25, -0.2) is 0 Å². The molecule has 21 heavy (non-hydrogen) atoms. The fraction of sp³-hybridized carbons (Fsp3) is 0.176. The number of carbonyl (C=O) groups is 2. The molecule has 2 aromatic rings. The summed E-state index contributed by atoms with van der Waals surface area (Å²) in [5.41, 5.74) is 3.46. The summed E-state index contributed by atoms with van der Waals surface area (Å²) in [5, 5.41) is 2.84. The van der Waals surface area contributed by atoms with E-state index < -0.39 is 0 Å². The number of benzene rings is 2. The minimum atomic E-state index is 0.0469. The Hall–Kier alpha value is -2.62. The van der Waals surface area contributed by atoms with E-state index in [1.807, 2.05) is 31.2 Å². The summed E-state index contributed by atoms with van der Waals surface area (Å²) in [6.07, 6.45) is 2.01. The summed E-state index contributed by atoms with van der Waals surface area (Å²) in [6.45, 7) is 1.93. The highest BCUT2D eigenvalue weighted by Crippen LogP contribution is 2.31. The molecular formula is C17H15NO3. The second kappa shape index (κ2) is 5.40. The molecule has 1 aliphatic heterocycles. The molecule has 0 aliphatic carbocycles. The van der Waals surface area contributed by atoms with Crippen LogP contribution in [0, 0.1) is 6.92 Å². The maximum absolute atomic E-state index is 11.3. The highest BCUT2D eigenvalue weighted by molar-refractivity contribution is 5.94. The molecule has 0 atom stereocenters. The number of amides is 1. The first-order chi connectivity index (χ1) is 10.2. The van der Waals surface area contributed by atoms with Crippen LogP contribution in [0.1, 0.15) is 27.9 Å². The molecule has 1 aliphatic rings. The van der Waals surface area contributed by atoms with Gasteiger partial charge in [-0.15, -0.1) is 0 Å². The van der Waals surface area contributed by atoms with Gasteiger partial charge in [0.05, 0.1) is 0 Å². The van der Waals surface area contributed by atoms with E-state index in [4.69, 9.17) is 4.74 Å². The van der Waals surface area contributed by atoms with Crippen molar-refractivity contribution < 1.29 is 14.3 Å². The average molecular weight is 281 g/mol. The topological polar surface area (TPSA) is 55.4 Å².